The number of ether oxygens (including phenoxy) is 1. The van der Waals surface area contributed by atoms with Crippen LogP contribution in [0, 0.1) is 0 Å². The van der Waals surface area contributed by atoms with Crippen molar-refractivity contribution in [3.8, 4) is 5.75 Å². The lowest BCUT2D eigenvalue weighted by Crippen LogP contribution is -2.48. The number of hydrogen-bond acceptors (Lipinski definition) is 3. The molecular formula is C19H22N2O2. The van der Waals surface area contributed by atoms with Gasteiger partial charge in [0.1, 0.15) is 5.75 Å². The zero-order valence-corrected chi connectivity index (χ0v) is 13.4. The molecule has 0 radical (unpaired) electrons. The fraction of sp³-hybridized carbons (Fsp3) is 0.316. The Morgan fingerprint density at radius 3 is 2.22 bits per heavy atom. The molecule has 3 rings (SSSR count). The second-order valence-electron chi connectivity index (χ2n) is 5.57. The van der Waals surface area contributed by atoms with Gasteiger partial charge in [-0.1, -0.05) is 18.2 Å². The first kappa shape index (κ1) is 15.4. The predicted octanol–water partition coefficient (Wildman–Crippen LogP) is 3.05. The number of hydrogen-bond donors (Lipinski definition) is 0. The molecule has 120 valence electrons. The van der Waals surface area contributed by atoms with Crippen LogP contribution in [0.4, 0.5) is 5.69 Å². The van der Waals surface area contributed by atoms with Crippen molar-refractivity contribution in [2.45, 2.75) is 6.92 Å². The molecule has 2 aromatic carbocycles. The molecule has 1 fully saturated rings. The van der Waals surface area contributed by atoms with Crippen molar-refractivity contribution < 1.29 is 9.53 Å². The highest BCUT2D eigenvalue weighted by molar-refractivity contribution is 5.94. The Hall–Kier alpha value is -2.49. The average Bonchev–Trinajstić information content (AvgIpc) is 2.63. The van der Waals surface area contributed by atoms with Crippen LogP contribution in [0.1, 0.15) is 17.3 Å². The van der Waals surface area contributed by atoms with Gasteiger partial charge in [-0.2, -0.15) is 0 Å². The highest BCUT2D eigenvalue weighted by Gasteiger charge is 2.22. The Morgan fingerprint density at radius 1 is 0.957 bits per heavy atom. The number of amides is 1. The number of benzene rings is 2. The van der Waals surface area contributed by atoms with Crippen LogP contribution < -0.4 is 9.64 Å². The number of rotatable bonds is 4. The lowest BCUT2D eigenvalue weighted by Gasteiger charge is -2.36. The van der Waals surface area contributed by atoms with Gasteiger partial charge in [0.15, 0.2) is 0 Å². The molecule has 0 unspecified atom stereocenters. The Bertz CT molecular complexity index is 632. The quantitative estimate of drug-likeness (QED) is 0.870. The van der Waals surface area contributed by atoms with Crippen molar-refractivity contribution in [1.82, 2.24) is 4.90 Å². The monoisotopic (exact) mass is 310 g/mol. The third-order valence-corrected chi connectivity index (χ3v) is 4.10. The molecule has 0 spiro atoms. The summed E-state index contributed by atoms with van der Waals surface area (Å²) in [5.41, 5.74) is 1.95. The predicted molar refractivity (Wildman–Crippen MR) is 92.2 cm³/mol. The lowest BCUT2D eigenvalue weighted by molar-refractivity contribution is 0.0747. The number of carbonyl (C=O) groups is 1. The van der Waals surface area contributed by atoms with E-state index in [1.165, 1.54) is 5.69 Å². The first-order valence-corrected chi connectivity index (χ1v) is 8.10. The molecule has 23 heavy (non-hydrogen) atoms. The summed E-state index contributed by atoms with van der Waals surface area (Å²) in [6.45, 7) is 5.82. The summed E-state index contributed by atoms with van der Waals surface area (Å²) in [5, 5.41) is 0. The molecule has 1 amide bonds. The van der Waals surface area contributed by atoms with Gasteiger partial charge in [0.25, 0.3) is 5.91 Å². The summed E-state index contributed by atoms with van der Waals surface area (Å²) in [4.78, 5) is 16.8. The minimum Gasteiger partial charge on any atom is -0.494 e. The van der Waals surface area contributed by atoms with Gasteiger partial charge < -0.3 is 14.5 Å². The van der Waals surface area contributed by atoms with Gasteiger partial charge in [0, 0.05) is 37.4 Å². The summed E-state index contributed by atoms with van der Waals surface area (Å²) in [6, 6.07) is 17.8. The number of piperazine rings is 1. The van der Waals surface area contributed by atoms with Crippen LogP contribution in [-0.2, 0) is 0 Å². The number of carbonyl (C=O) groups excluding carboxylic acids is 1. The van der Waals surface area contributed by atoms with Gasteiger partial charge >= 0.3 is 0 Å². The first-order chi connectivity index (χ1) is 11.3. The van der Waals surface area contributed by atoms with E-state index < -0.39 is 0 Å². The molecule has 4 heteroatoms. The Kier molecular flexibility index (Phi) is 4.81. The van der Waals surface area contributed by atoms with E-state index in [-0.39, 0.29) is 5.91 Å². The highest BCUT2D eigenvalue weighted by atomic mass is 16.5. The van der Waals surface area contributed by atoms with Crippen molar-refractivity contribution >= 4 is 11.6 Å². The largest absolute Gasteiger partial charge is 0.494 e. The SMILES string of the molecule is CCOc1ccc(C(=O)N2CCN(c3ccccc3)CC2)cc1. The minimum atomic E-state index is 0.0979. The maximum atomic E-state index is 12.6. The molecule has 0 N–H and O–H groups in total. The maximum absolute atomic E-state index is 12.6. The molecule has 4 nitrogen and oxygen atoms in total. The lowest BCUT2D eigenvalue weighted by atomic mass is 10.1. The number of nitrogens with zero attached hydrogens (tertiary/aromatic N) is 2. The van der Waals surface area contributed by atoms with E-state index in [2.05, 4.69) is 17.0 Å². The summed E-state index contributed by atoms with van der Waals surface area (Å²) >= 11 is 0. The normalized spacial score (nSPS) is 14.7. The summed E-state index contributed by atoms with van der Waals surface area (Å²) < 4.78 is 5.42. The minimum absolute atomic E-state index is 0.0979. The van der Waals surface area contributed by atoms with Crippen LogP contribution >= 0.6 is 0 Å². The van der Waals surface area contributed by atoms with Crippen LogP contribution in [0.25, 0.3) is 0 Å². The van der Waals surface area contributed by atoms with Gasteiger partial charge in [0.2, 0.25) is 0 Å². The van der Waals surface area contributed by atoms with Gasteiger partial charge in [-0.25, -0.2) is 0 Å². The Balaban J connectivity index is 1.59. The van der Waals surface area contributed by atoms with Crippen LogP contribution in [0.15, 0.2) is 54.6 Å². The Labute approximate surface area is 137 Å². The van der Waals surface area contributed by atoms with E-state index in [4.69, 9.17) is 4.74 Å². The van der Waals surface area contributed by atoms with Crippen molar-refractivity contribution in [2.24, 2.45) is 0 Å². The van der Waals surface area contributed by atoms with E-state index in [1.54, 1.807) is 0 Å². The molecule has 1 aliphatic rings. The summed E-state index contributed by atoms with van der Waals surface area (Å²) in [7, 11) is 0. The second-order valence-corrected chi connectivity index (χ2v) is 5.57. The van der Waals surface area contributed by atoms with Crippen LogP contribution in [0.5, 0.6) is 5.75 Å². The third-order valence-electron chi connectivity index (χ3n) is 4.10. The van der Waals surface area contributed by atoms with E-state index in [0.29, 0.717) is 6.61 Å². The van der Waals surface area contributed by atoms with Crippen LogP contribution in [-0.4, -0.2) is 43.6 Å². The molecule has 0 atom stereocenters. The topological polar surface area (TPSA) is 32.8 Å². The molecule has 0 aliphatic carbocycles. The van der Waals surface area contributed by atoms with Crippen molar-refractivity contribution in [3.63, 3.8) is 0 Å². The average molecular weight is 310 g/mol. The fourth-order valence-corrected chi connectivity index (χ4v) is 2.85. The third kappa shape index (κ3) is 3.65. The smallest absolute Gasteiger partial charge is 0.253 e. The number of anilines is 1. The van der Waals surface area contributed by atoms with E-state index >= 15 is 0 Å². The van der Waals surface area contributed by atoms with E-state index in [1.807, 2.05) is 54.3 Å². The van der Waals surface area contributed by atoms with Crippen LogP contribution in [0.2, 0.25) is 0 Å². The van der Waals surface area contributed by atoms with Crippen LogP contribution in [0.3, 0.4) is 0 Å². The molecule has 2 aromatic rings. The van der Waals surface area contributed by atoms with Gasteiger partial charge in [0.05, 0.1) is 6.61 Å². The molecule has 1 heterocycles. The zero-order chi connectivity index (χ0) is 16.1. The molecule has 0 saturated carbocycles. The van der Waals surface area contributed by atoms with Crippen molar-refractivity contribution in [1.29, 1.82) is 0 Å². The standard InChI is InChI=1S/C19H22N2O2/c1-2-23-18-10-8-16(9-11-18)19(22)21-14-12-20(13-15-21)17-6-4-3-5-7-17/h3-11H,2,12-15H2,1H3. The molecule has 1 aliphatic heterocycles. The van der Waals surface area contributed by atoms with Crippen molar-refractivity contribution in [3.05, 3.63) is 60.2 Å². The molecule has 0 bridgehead atoms. The maximum Gasteiger partial charge on any atom is 0.253 e. The molecule has 1 saturated heterocycles. The zero-order valence-electron chi connectivity index (χ0n) is 13.4. The van der Waals surface area contributed by atoms with Gasteiger partial charge in [-0.05, 0) is 43.3 Å². The van der Waals surface area contributed by atoms with Gasteiger partial charge in [-0.15, -0.1) is 0 Å². The second kappa shape index (κ2) is 7.18. The first-order valence-electron chi connectivity index (χ1n) is 8.10. The number of para-hydroxylation sites is 1. The fourth-order valence-electron chi connectivity index (χ4n) is 2.85. The highest BCUT2D eigenvalue weighted by Crippen LogP contribution is 2.18. The van der Waals surface area contributed by atoms with Gasteiger partial charge in [-0.3, -0.25) is 4.79 Å². The van der Waals surface area contributed by atoms with E-state index in [9.17, 15) is 4.79 Å². The summed E-state index contributed by atoms with van der Waals surface area (Å²) in [5.74, 6) is 0.902. The molecule has 0 aromatic heterocycles. The van der Waals surface area contributed by atoms with Crippen molar-refractivity contribution in [2.75, 3.05) is 37.7 Å². The van der Waals surface area contributed by atoms with E-state index in [0.717, 1.165) is 37.5 Å². The molecular weight excluding hydrogens is 288 g/mol. The Morgan fingerprint density at radius 2 is 1.61 bits per heavy atom. The summed E-state index contributed by atoms with van der Waals surface area (Å²) in [6.07, 6.45) is 0.